The highest BCUT2D eigenvalue weighted by Gasteiger charge is 2.24. The van der Waals surface area contributed by atoms with Crippen LogP contribution < -0.4 is 0 Å². The fraction of sp³-hybridized carbons (Fsp3) is 0.235. The molecule has 3 aromatic rings. The molecule has 23 heavy (non-hydrogen) atoms. The zero-order valence-electron chi connectivity index (χ0n) is 12.9. The number of hydrogen-bond acceptors (Lipinski definition) is 3. The van der Waals surface area contributed by atoms with E-state index in [1.54, 1.807) is 0 Å². The summed E-state index contributed by atoms with van der Waals surface area (Å²) >= 11 is 0. The quantitative estimate of drug-likeness (QED) is 0.728. The molecule has 0 saturated carbocycles. The molecule has 6 heteroatoms. The van der Waals surface area contributed by atoms with Crippen LogP contribution in [0.5, 0.6) is 0 Å². The monoisotopic (exact) mass is 307 g/mol. The first-order valence-corrected chi connectivity index (χ1v) is 7.64. The molecule has 0 saturated heterocycles. The summed E-state index contributed by atoms with van der Waals surface area (Å²) in [5, 5.41) is 8.24. The van der Waals surface area contributed by atoms with Gasteiger partial charge in [-0.3, -0.25) is 4.79 Å². The highest BCUT2D eigenvalue weighted by Crippen LogP contribution is 2.17. The molecule has 0 fully saturated rings. The van der Waals surface area contributed by atoms with Crippen LogP contribution in [0.25, 0.3) is 5.69 Å². The molecule has 0 N–H and O–H groups in total. The Kier molecular flexibility index (Phi) is 3.22. The van der Waals surface area contributed by atoms with E-state index in [-0.39, 0.29) is 5.91 Å². The van der Waals surface area contributed by atoms with E-state index in [4.69, 9.17) is 0 Å². The van der Waals surface area contributed by atoms with Gasteiger partial charge in [0.2, 0.25) is 0 Å². The van der Waals surface area contributed by atoms with Gasteiger partial charge >= 0.3 is 0 Å². The predicted octanol–water partition coefficient (Wildman–Crippen LogP) is 2.03. The second-order valence-electron chi connectivity index (χ2n) is 5.68. The normalized spacial score (nSPS) is 13.9. The summed E-state index contributed by atoms with van der Waals surface area (Å²) < 4.78 is 4.06. The number of benzene rings is 1. The zero-order valence-corrected chi connectivity index (χ0v) is 12.9. The van der Waals surface area contributed by atoms with Crippen molar-refractivity contribution in [1.29, 1.82) is 0 Å². The maximum atomic E-state index is 12.8. The third-order valence-electron chi connectivity index (χ3n) is 4.22. The van der Waals surface area contributed by atoms with Gasteiger partial charge in [0.25, 0.3) is 5.91 Å². The van der Waals surface area contributed by atoms with E-state index in [0.29, 0.717) is 18.7 Å². The molecular weight excluding hydrogens is 290 g/mol. The Morgan fingerprint density at radius 1 is 1.09 bits per heavy atom. The summed E-state index contributed by atoms with van der Waals surface area (Å²) in [7, 11) is 0. The van der Waals surface area contributed by atoms with Crippen molar-refractivity contribution >= 4 is 5.91 Å². The second-order valence-corrected chi connectivity index (χ2v) is 5.68. The van der Waals surface area contributed by atoms with Crippen molar-refractivity contribution in [2.45, 2.75) is 20.0 Å². The van der Waals surface area contributed by atoms with Crippen molar-refractivity contribution in [3.63, 3.8) is 0 Å². The maximum Gasteiger partial charge on any atom is 0.254 e. The minimum absolute atomic E-state index is 0.0332. The topological polar surface area (TPSA) is 56.0 Å². The Labute approximate surface area is 134 Å². The Hall–Kier alpha value is -2.89. The van der Waals surface area contributed by atoms with E-state index in [1.165, 1.54) is 0 Å². The molecule has 0 bridgehead atoms. The molecule has 1 aliphatic rings. The molecule has 0 spiro atoms. The van der Waals surface area contributed by atoms with Crippen molar-refractivity contribution in [3.8, 4) is 5.69 Å². The zero-order chi connectivity index (χ0) is 15.8. The van der Waals surface area contributed by atoms with Gasteiger partial charge in [-0.15, -0.1) is 10.2 Å². The predicted molar refractivity (Wildman–Crippen MR) is 85.3 cm³/mol. The molecule has 0 aliphatic carbocycles. The third-order valence-corrected chi connectivity index (χ3v) is 4.22. The van der Waals surface area contributed by atoms with Gasteiger partial charge in [-0.05, 0) is 37.3 Å². The molecule has 1 amide bonds. The number of carbonyl (C=O) groups is 1. The lowest BCUT2D eigenvalue weighted by atomic mass is 10.1. The molecule has 4 rings (SSSR count). The molecule has 2 aromatic heterocycles. The Balaban J connectivity index is 1.59. The number of carbonyl (C=O) groups excluding carboxylic acids is 1. The first-order chi connectivity index (χ1) is 11.2. The molecule has 6 nitrogen and oxygen atoms in total. The largest absolute Gasteiger partial charge is 0.329 e. The minimum Gasteiger partial charge on any atom is -0.329 e. The SMILES string of the molecule is Cc1nnc2n1CCN(C(=O)c1cccc(-n3cccc3)c1)C2. The van der Waals surface area contributed by atoms with Crippen molar-refractivity contribution < 1.29 is 4.79 Å². The summed E-state index contributed by atoms with van der Waals surface area (Å²) in [6.07, 6.45) is 3.94. The summed E-state index contributed by atoms with van der Waals surface area (Å²) in [4.78, 5) is 14.6. The Morgan fingerprint density at radius 2 is 1.91 bits per heavy atom. The van der Waals surface area contributed by atoms with Gasteiger partial charge in [0.05, 0.1) is 6.54 Å². The van der Waals surface area contributed by atoms with E-state index in [0.717, 1.165) is 23.9 Å². The molecule has 0 atom stereocenters. The van der Waals surface area contributed by atoms with Crippen LogP contribution in [0.2, 0.25) is 0 Å². The lowest BCUT2D eigenvalue weighted by Crippen LogP contribution is -2.38. The lowest BCUT2D eigenvalue weighted by Gasteiger charge is -2.27. The van der Waals surface area contributed by atoms with Crippen LogP contribution in [0, 0.1) is 6.92 Å². The first-order valence-electron chi connectivity index (χ1n) is 7.64. The van der Waals surface area contributed by atoms with E-state index in [9.17, 15) is 4.79 Å². The lowest BCUT2D eigenvalue weighted by molar-refractivity contribution is 0.0706. The second kappa shape index (κ2) is 5.39. The number of aryl methyl sites for hydroxylation is 1. The van der Waals surface area contributed by atoms with Crippen LogP contribution in [0.15, 0.2) is 48.8 Å². The van der Waals surface area contributed by atoms with Crippen LogP contribution in [-0.4, -0.2) is 36.7 Å². The summed E-state index contributed by atoms with van der Waals surface area (Å²) in [6, 6.07) is 11.6. The number of hydrogen-bond donors (Lipinski definition) is 0. The van der Waals surface area contributed by atoms with Crippen LogP contribution in [0.4, 0.5) is 0 Å². The first kappa shape index (κ1) is 13.8. The molecule has 116 valence electrons. The number of nitrogens with zero attached hydrogens (tertiary/aromatic N) is 5. The third kappa shape index (κ3) is 2.42. The smallest absolute Gasteiger partial charge is 0.254 e. The molecular formula is C17H17N5O. The van der Waals surface area contributed by atoms with Gasteiger partial charge in [0.1, 0.15) is 5.82 Å². The Bertz CT molecular complexity index is 850. The fourth-order valence-electron chi connectivity index (χ4n) is 2.97. The van der Waals surface area contributed by atoms with Crippen LogP contribution in [0.3, 0.4) is 0 Å². The van der Waals surface area contributed by atoms with Gasteiger partial charge in [-0.25, -0.2) is 0 Å². The highest BCUT2D eigenvalue weighted by atomic mass is 16.2. The summed E-state index contributed by atoms with van der Waals surface area (Å²) in [6.45, 7) is 3.87. The number of aromatic nitrogens is 4. The van der Waals surface area contributed by atoms with E-state index in [1.807, 2.05) is 65.2 Å². The van der Waals surface area contributed by atoms with Crippen LogP contribution in [0.1, 0.15) is 22.0 Å². The van der Waals surface area contributed by atoms with Gasteiger partial charge < -0.3 is 14.0 Å². The molecule has 3 heterocycles. The summed E-state index contributed by atoms with van der Waals surface area (Å²) in [5.41, 5.74) is 1.68. The number of rotatable bonds is 2. The van der Waals surface area contributed by atoms with E-state index in [2.05, 4.69) is 14.8 Å². The van der Waals surface area contributed by atoms with Crippen LogP contribution in [-0.2, 0) is 13.1 Å². The maximum absolute atomic E-state index is 12.8. The highest BCUT2D eigenvalue weighted by molar-refractivity contribution is 5.94. The van der Waals surface area contributed by atoms with Gasteiger partial charge in [-0.1, -0.05) is 6.07 Å². The fourth-order valence-corrected chi connectivity index (χ4v) is 2.97. The number of fused-ring (bicyclic) bond motifs is 1. The van der Waals surface area contributed by atoms with Crippen LogP contribution >= 0.6 is 0 Å². The van der Waals surface area contributed by atoms with Crippen molar-refractivity contribution in [2.24, 2.45) is 0 Å². The standard InChI is InChI=1S/C17H17N5O/c1-13-18-19-16-12-21(9-10-22(13)16)17(23)14-5-4-6-15(11-14)20-7-2-3-8-20/h2-8,11H,9-10,12H2,1H3. The van der Waals surface area contributed by atoms with E-state index >= 15 is 0 Å². The molecule has 0 unspecified atom stereocenters. The molecule has 0 radical (unpaired) electrons. The van der Waals surface area contributed by atoms with Crippen molar-refractivity contribution in [1.82, 2.24) is 24.2 Å². The average Bonchev–Trinajstić information content (AvgIpc) is 3.24. The van der Waals surface area contributed by atoms with Gasteiger partial charge in [0, 0.05) is 36.7 Å². The van der Waals surface area contributed by atoms with E-state index < -0.39 is 0 Å². The molecule has 1 aromatic carbocycles. The average molecular weight is 307 g/mol. The number of amides is 1. The Morgan fingerprint density at radius 3 is 2.74 bits per heavy atom. The van der Waals surface area contributed by atoms with Crippen molar-refractivity contribution in [3.05, 3.63) is 66.0 Å². The van der Waals surface area contributed by atoms with Gasteiger partial charge in [-0.2, -0.15) is 0 Å². The van der Waals surface area contributed by atoms with Gasteiger partial charge in [0.15, 0.2) is 5.82 Å². The summed E-state index contributed by atoms with van der Waals surface area (Å²) in [5.74, 6) is 1.79. The van der Waals surface area contributed by atoms with Crippen molar-refractivity contribution in [2.75, 3.05) is 6.54 Å². The molecule has 1 aliphatic heterocycles. The minimum atomic E-state index is 0.0332.